The van der Waals surface area contributed by atoms with Crippen LogP contribution in [-0.2, 0) is 18.3 Å². The van der Waals surface area contributed by atoms with Crippen LogP contribution in [0.2, 0.25) is 0 Å². The normalized spacial score (nSPS) is 12.4. The van der Waals surface area contributed by atoms with Crippen molar-refractivity contribution in [2.24, 2.45) is 7.05 Å². The second-order valence-electron chi connectivity index (χ2n) is 5.38. The monoisotopic (exact) mass is 290 g/mol. The van der Waals surface area contributed by atoms with Crippen molar-refractivity contribution in [2.75, 3.05) is 7.05 Å². The summed E-state index contributed by atoms with van der Waals surface area (Å²) in [5, 5.41) is 8.27. The van der Waals surface area contributed by atoms with Crippen molar-refractivity contribution in [3.05, 3.63) is 35.0 Å². The molecule has 0 aliphatic carbocycles. The number of amides is 1. The van der Waals surface area contributed by atoms with E-state index in [-0.39, 0.29) is 11.9 Å². The highest BCUT2D eigenvalue weighted by Crippen LogP contribution is 2.19. The van der Waals surface area contributed by atoms with Crippen LogP contribution in [0.15, 0.2) is 16.9 Å². The van der Waals surface area contributed by atoms with Crippen molar-refractivity contribution < 1.29 is 9.32 Å². The molecule has 0 spiro atoms. The van der Waals surface area contributed by atoms with Crippen molar-refractivity contribution in [3.8, 4) is 0 Å². The molecule has 2 aromatic heterocycles. The van der Waals surface area contributed by atoms with Crippen molar-refractivity contribution in [1.82, 2.24) is 19.8 Å². The van der Waals surface area contributed by atoms with E-state index in [1.165, 1.54) is 6.26 Å². The minimum atomic E-state index is -0.0904. The zero-order chi connectivity index (χ0) is 15.6. The Balaban J connectivity index is 1.98. The SMILES string of the molecule is Cc1nn(C)c(C)c1CCC(=O)N(C)[C@H](C)c1ccon1. The maximum atomic E-state index is 12.3. The summed E-state index contributed by atoms with van der Waals surface area (Å²) in [6.45, 7) is 5.95. The average molecular weight is 290 g/mol. The maximum Gasteiger partial charge on any atom is 0.223 e. The first-order valence-corrected chi connectivity index (χ1v) is 7.06. The lowest BCUT2D eigenvalue weighted by Gasteiger charge is -2.23. The van der Waals surface area contributed by atoms with Gasteiger partial charge in [0.05, 0.1) is 11.7 Å². The molecule has 2 rings (SSSR count). The third-order valence-corrected chi connectivity index (χ3v) is 4.11. The molecule has 0 aliphatic heterocycles. The summed E-state index contributed by atoms with van der Waals surface area (Å²) in [7, 11) is 3.72. The number of hydrogen-bond acceptors (Lipinski definition) is 4. The molecule has 2 heterocycles. The Hall–Kier alpha value is -2.11. The quantitative estimate of drug-likeness (QED) is 0.846. The first-order valence-electron chi connectivity index (χ1n) is 7.06. The van der Waals surface area contributed by atoms with Crippen LogP contribution in [0.4, 0.5) is 0 Å². The van der Waals surface area contributed by atoms with Crippen molar-refractivity contribution in [1.29, 1.82) is 0 Å². The predicted octanol–water partition coefficient (Wildman–Crippen LogP) is 2.18. The molecule has 2 aromatic rings. The van der Waals surface area contributed by atoms with Crippen LogP contribution < -0.4 is 0 Å². The summed E-state index contributed by atoms with van der Waals surface area (Å²) in [4.78, 5) is 14.0. The lowest BCUT2D eigenvalue weighted by Crippen LogP contribution is -2.30. The summed E-state index contributed by atoms with van der Waals surface area (Å²) in [6, 6.07) is 1.69. The molecule has 6 nitrogen and oxygen atoms in total. The van der Waals surface area contributed by atoms with Gasteiger partial charge in [-0.25, -0.2) is 0 Å². The van der Waals surface area contributed by atoms with Crippen LogP contribution in [0, 0.1) is 13.8 Å². The van der Waals surface area contributed by atoms with E-state index in [1.807, 2.05) is 32.5 Å². The summed E-state index contributed by atoms with van der Waals surface area (Å²) in [6.07, 6.45) is 2.69. The van der Waals surface area contributed by atoms with Crippen molar-refractivity contribution >= 4 is 5.91 Å². The van der Waals surface area contributed by atoms with Gasteiger partial charge in [-0.1, -0.05) is 5.16 Å². The number of hydrogen-bond donors (Lipinski definition) is 0. The largest absolute Gasteiger partial charge is 0.364 e. The molecule has 0 unspecified atom stereocenters. The molecule has 21 heavy (non-hydrogen) atoms. The fraction of sp³-hybridized carbons (Fsp3) is 0.533. The van der Waals surface area contributed by atoms with E-state index in [4.69, 9.17) is 4.52 Å². The first kappa shape index (κ1) is 15.3. The van der Waals surface area contributed by atoms with E-state index in [0.717, 1.165) is 22.6 Å². The number of nitrogens with zero attached hydrogens (tertiary/aromatic N) is 4. The Morgan fingerprint density at radius 1 is 1.48 bits per heavy atom. The van der Waals surface area contributed by atoms with E-state index in [0.29, 0.717) is 12.8 Å². The highest BCUT2D eigenvalue weighted by atomic mass is 16.5. The number of carbonyl (C=O) groups excluding carboxylic acids is 1. The Bertz CT molecular complexity index is 616. The Labute approximate surface area is 124 Å². The van der Waals surface area contributed by atoms with Crippen LogP contribution in [0.3, 0.4) is 0 Å². The second-order valence-corrected chi connectivity index (χ2v) is 5.38. The fourth-order valence-electron chi connectivity index (χ4n) is 2.44. The van der Waals surface area contributed by atoms with E-state index in [1.54, 1.807) is 18.0 Å². The highest BCUT2D eigenvalue weighted by molar-refractivity contribution is 5.76. The van der Waals surface area contributed by atoms with Gasteiger partial charge in [-0.2, -0.15) is 5.10 Å². The summed E-state index contributed by atoms with van der Waals surface area (Å²) < 4.78 is 6.69. The van der Waals surface area contributed by atoms with Gasteiger partial charge in [-0.3, -0.25) is 9.48 Å². The maximum absolute atomic E-state index is 12.3. The van der Waals surface area contributed by atoms with Gasteiger partial charge in [-0.15, -0.1) is 0 Å². The van der Waals surface area contributed by atoms with Gasteiger partial charge in [0.2, 0.25) is 5.91 Å². The molecule has 0 bridgehead atoms. The first-order chi connectivity index (χ1) is 9.91. The van der Waals surface area contributed by atoms with Gasteiger partial charge >= 0.3 is 0 Å². The Morgan fingerprint density at radius 3 is 2.71 bits per heavy atom. The summed E-state index contributed by atoms with van der Waals surface area (Å²) >= 11 is 0. The van der Waals surface area contributed by atoms with Crippen LogP contribution in [-0.4, -0.2) is 32.8 Å². The standard InChI is InChI=1S/C15H22N4O2/c1-10-13(11(2)19(5)16-10)6-7-15(20)18(4)12(3)14-8-9-21-17-14/h8-9,12H,6-7H2,1-5H3/t12-/m1/s1. The Kier molecular flexibility index (Phi) is 4.45. The summed E-state index contributed by atoms with van der Waals surface area (Å²) in [5.41, 5.74) is 4.04. The topological polar surface area (TPSA) is 64.2 Å². The molecular weight excluding hydrogens is 268 g/mol. The third kappa shape index (κ3) is 3.15. The van der Waals surface area contributed by atoms with Gasteiger partial charge in [0, 0.05) is 32.3 Å². The fourth-order valence-corrected chi connectivity index (χ4v) is 2.44. The minimum absolute atomic E-state index is 0.0904. The second kappa shape index (κ2) is 6.11. The van der Waals surface area contributed by atoms with E-state index < -0.39 is 0 Å². The number of aromatic nitrogens is 3. The minimum Gasteiger partial charge on any atom is -0.364 e. The van der Waals surface area contributed by atoms with E-state index in [2.05, 4.69) is 10.3 Å². The third-order valence-electron chi connectivity index (χ3n) is 4.11. The van der Waals surface area contributed by atoms with Gasteiger partial charge in [0.25, 0.3) is 0 Å². The molecule has 0 N–H and O–H groups in total. The molecule has 0 saturated carbocycles. The van der Waals surface area contributed by atoms with Gasteiger partial charge < -0.3 is 9.42 Å². The highest BCUT2D eigenvalue weighted by Gasteiger charge is 2.20. The van der Waals surface area contributed by atoms with Crippen LogP contribution in [0.1, 0.15) is 42.0 Å². The smallest absolute Gasteiger partial charge is 0.223 e. The number of aryl methyl sites for hydroxylation is 2. The molecule has 114 valence electrons. The Morgan fingerprint density at radius 2 is 2.19 bits per heavy atom. The lowest BCUT2D eigenvalue weighted by atomic mass is 10.1. The molecule has 1 atom stereocenters. The van der Waals surface area contributed by atoms with Crippen molar-refractivity contribution in [3.63, 3.8) is 0 Å². The molecule has 6 heteroatoms. The van der Waals surface area contributed by atoms with Gasteiger partial charge in [0.15, 0.2) is 0 Å². The van der Waals surface area contributed by atoms with Gasteiger partial charge in [0.1, 0.15) is 12.0 Å². The van der Waals surface area contributed by atoms with Crippen LogP contribution in [0.25, 0.3) is 0 Å². The van der Waals surface area contributed by atoms with Crippen molar-refractivity contribution in [2.45, 2.75) is 39.7 Å². The zero-order valence-corrected chi connectivity index (χ0v) is 13.3. The molecule has 0 aliphatic rings. The molecule has 0 aromatic carbocycles. The summed E-state index contributed by atoms with van der Waals surface area (Å²) in [5.74, 6) is 0.0909. The van der Waals surface area contributed by atoms with E-state index in [9.17, 15) is 4.79 Å². The number of rotatable bonds is 5. The van der Waals surface area contributed by atoms with Crippen LogP contribution >= 0.6 is 0 Å². The lowest BCUT2D eigenvalue weighted by molar-refractivity contribution is -0.131. The molecule has 0 saturated heterocycles. The van der Waals surface area contributed by atoms with Gasteiger partial charge in [-0.05, 0) is 32.8 Å². The molecule has 0 radical (unpaired) electrons. The average Bonchev–Trinajstić information content (AvgIpc) is 3.06. The molecule has 1 amide bonds. The van der Waals surface area contributed by atoms with Crippen LogP contribution in [0.5, 0.6) is 0 Å². The molecular formula is C15H22N4O2. The molecule has 0 fully saturated rings. The van der Waals surface area contributed by atoms with E-state index >= 15 is 0 Å². The number of carbonyl (C=O) groups is 1. The zero-order valence-electron chi connectivity index (χ0n) is 13.3. The predicted molar refractivity (Wildman–Crippen MR) is 78.7 cm³/mol.